The van der Waals surface area contributed by atoms with Gasteiger partial charge in [-0.15, -0.1) is 0 Å². The summed E-state index contributed by atoms with van der Waals surface area (Å²) in [4.78, 5) is 38.7. The van der Waals surface area contributed by atoms with Crippen molar-refractivity contribution in [1.29, 1.82) is 0 Å². The normalized spacial score (nSPS) is 12.3. The van der Waals surface area contributed by atoms with Gasteiger partial charge < -0.3 is 24.5 Å². The Morgan fingerprint density at radius 2 is 1.57 bits per heavy atom. The second-order valence-corrected chi connectivity index (χ2v) is 11.5. The molecule has 1 atom stereocenters. The highest BCUT2D eigenvalue weighted by molar-refractivity contribution is 6.07. The van der Waals surface area contributed by atoms with Crippen LogP contribution in [0, 0.1) is 5.82 Å². The largest absolute Gasteiger partial charge is 0.496 e. The van der Waals surface area contributed by atoms with Gasteiger partial charge in [-0.25, -0.2) is 4.39 Å². The number of allylic oxidation sites excluding steroid dienone is 1. The Morgan fingerprint density at radius 3 is 2.16 bits per heavy atom. The van der Waals surface area contributed by atoms with E-state index in [-0.39, 0.29) is 36.4 Å². The van der Waals surface area contributed by atoms with Crippen LogP contribution in [0.25, 0.3) is 28.3 Å². The van der Waals surface area contributed by atoms with Crippen LogP contribution in [0.5, 0.6) is 5.75 Å². The minimum atomic E-state index is -4.68. The molecule has 0 unspecified atom stereocenters. The zero-order chi connectivity index (χ0) is 35.9. The average Bonchev–Trinajstić information content (AvgIpc) is 3.41. The summed E-state index contributed by atoms with van der Waals surface area (Å²) in [6.07, 6.45) is -3.99. The maximum Gasteiger partial charge on any atom is 0.419 e. The number of ether oxygens (including phenoxy) is 2. The molecule has 0 saturated heterocycles. The Labute approximate surface area is 281 Å². The van der Waals surface area contributed by atoms with Crippen molar-refractivity contribution in [3.63, 3.8) is 0 Å². The van der Waals surface area contributed by atoms with E-state index in [9.17, 15) is 37.1 Å². The van der Waals surface area contributed by atoms with E-state index in [0.717, 1.165) is 13.2 Å². The zero-order valence-corrected chi connectivity index (χ0v) is 27.3. The average molecular weight is 681 g/mol. The summed E-state index contributed by atoms with van der Waals surface area (Å²) in [5.41, 5.74) is 1.84. The number of carbonyl (C=O) groups is 3. The SMILES string of the molecule is COC(=O)C[C@H](O)CC(=O)C=Cc1c(-c2ccc(F)cc2)c(-c2ccccc2)c(C(=O)NCc2ccc(OC)c(C(F)(F)F)c2)n1C(C)C. The van der Waals surface area contributed by atoms with Gasteiger partial charge in [-0.2, -0.15) is 13.2 Å². The molecular weight excluding hydrogens is 644 g/mol. The summed E-state index contributed by atoms with van der Waals surface area (Å²) in [6.45, 7) is 3.38. The third kappa shape index (κ3) is 8.82. The van der Waals surface area contributed by atoms with Crippen molar-refractivity contribution in [3.8, 4) is 28.0 Å². The van der Waals surface area contributed by atoms with Gasteiger partial charge in [0.05, 0.1) is 38.0 Å². The monoisotopic (exact) mass is 680 g/mol. The van der Waals surface area contributed by atoms with E-state index in [4.69, 9.17) is 4.74 Å². The fourth-order valence-electron chi connectivity index (χ4n) is 5.50. The number of halogens is 4. The number of ketones is 1. The highest BCUT2D eigenvalue weighted by Gasteiger charge is 2.35. The third-order valence-corrected chi connectivity index (χ3v) is 7.69. The molecule has 0 spiro atoms. The number of rotatable bonds is 13. The lowest BCUT2D eigenvalue weighted by Crippen LogP contribution is -2.27. The number of aromatic nitrogens is 1. The van der Waals surface area contributed by atoms with Crippen molar-refractivity contribution in [3.05, 3.63) is 107 Å². The van der Waals surface area contributed by atoms with E-state index in [1.54, 1.807) is 47.0 Å². The van der Waals surface area contributed by atoms with Crippen molar-refractivity contribution in [2.75, 3.05) is 14.2 Å². The fourth-order valence-corrected chi connectivity index (χ4v) is 5.50. The van der Waals surface area contributed by atoms with Crippen molar-refractivity contribution < 1.29 is 46.5 Å². The first-order chi connectivity index (χ1) is 23.2. The van der Waals surface area contributed by atoms with Gasteiger partial charge in [0.2, 0.25) is 0 Å². The number of benzene rings is 3. The molecule has 2 N–H and O–H groups in total. The van der Waals surface area contributed by atoms with Crippen molar-refractivity contribution in [2.45, 2.75) is 51.6 Å². The van der Waals surface area contributed by atoms with Crippen LogP contribution in [-0.2, 0) is 27.0 Å². The molecule has 4 rings (SSSR count). The molecule has 12 heteroatoms. The summed E-state index contributed by atoms with van der Waals surface area (Å²) in [6, 6.07) is 17.6. The molecule has 0 aliphatic heterocycles. The lowest BCUT2D eigenvalue weighted by Gasteiger charge is -2.17. The summed E-state index contributed by atoms with van der Waals surface area (Å²) in [5, 5.41) is 13.0. The Morgan fingerprint density at radius 1 is 0.918 bits per heavy atom. The number of methoxy groups -OCH3 is 2. The van der Waals surface area contributed by atoms with E-state index < -0.39 is 47.4 Å². The van der Waals surface area contributed by atoms with Crippen molar-refractivity contribution >= 4 is 23.7 Å². The first kappa shape index (κ1) is 36.6. The Hall–Kier alpha value is -5.23. The van der Waals surface area contributed by atoms with Gasteiger partial charge in [0.25, 0.3) is 5.91 Å². The van der Waals surface area contributed by atoms with Crippen molar-refractivity contribution in [1.82, 2.24) is 9.88 Å². The molecule has 0 bridgehead atoms. The molecule has 3 aromatic carbocycles. The van der Waals surface area contributed by atoms with E-state index in [0.29, 0.717) is 27.9 Å². The van der Waals surface area contributed by atoms with Crippen LogP contribution in [-0.4, -0.2) is 47.7 Å². The molecule has 1 amide bonds. The summed E-state index contributed by atoms with van der Waals surface area (Å²) in [7, 11) is 2.31. The van der Waals surface area contributed by atoms with Gasteiger partial charge in [0, 0.05) is 30.1 Å². The zero-order valence-electron chi connectivity index (χ0n) is 27.3. The van der Waals surface area contributed by atoms with Crippen LogP contribution in [0.3, 0.4) is 0 Å². The quantitative estimate of drug-likeness (QED) is 0.0867. The van der Waals surface area contributed by atoms with Crippen LogP contribution in [0.1, 0.15) is 60.0 Å². The Kier molecular flexibility index (Phi) is 11.8. The molecule has 1 heterocycles. The summed E-state index contributed by atoms with van der Waals surface area (Å²) in [5.74, 6) is -2.64. The number of aliphatic hydroxyl groups is 1. The molecular formula is C37H36F4N2O6. The van der Waals surface area contributed by atoms with Crippen LogP contribution in [0.4, 0.5) is 17.6 Å². The maximum absolute atomic E-state index is 14.2. The number of carbonyl (C=O) groups excluding carboxylic acids is 3. The van der Waals surface area contributed by atoms with E-state index >= 15 is 0 Å². The number of esters is 1. The Balaban J connectivity index is 1.88. The molecule has 4 aromatic rings. The molecule has 0 aliphatic carbocycles. The minimum Gasteiger partial charge on any atom is -0.496 e. The van der Waals surface area contributed by atoms with E-state index in [2.05, 4.69) is 10.1 Å². The number of nitrogens with one attached hydrogen (secondary N) is 1. The summed E-state index contributed by atoms with van der Waals surface area (Å²) >= 11 is 0. The van der Waals surface area contributed by atoms with Crippen molar-refractivity contribution in [2.24, 2.45) is 0 Å². The van der Waals surface area contributed by atoms with Gasteiger partial charge in [-0.05, 0) is 67.0 Å². The van der Waals surface area contributed by atoms with E-state index in [1.165, 1.54) is 43.5 Å². The molecule has 1 aromatic heterocycles. The highest BCUT2D eigenvalue weighted by Crippen LogP contribution is 2.43. The molecule has 258 valence electrons. The summed E-state index contributed by atoms with van der Waals surface area (Å²) < 4.78 is 66.4. The molecule has 0 saturated carbocycles. The smallest absolute Gasteiger partial charge is 0.419 e. The molecule has 0 radical (unpaired) electrons. The topological polar surface area (TPSA) is 107 Å². The van der Waals surface area contributed by atoms with Crippen LogP contribution in [0.2, 0.25) is 0 Å². The van der Waals surface area contributed by atoms with Crippen LogP contribution < -0.4 is 10.1 Å². The number of aliphatic hydroxyl groups excluding tert-OH is 1. The lowest BCUT2D eigenvalue weighted by molar-refractivity contribution is -0.143. The number of hydrogen-bond donors (Lipinski definition) is 2. The highest BCUT2D eigenvalue weighted by atomic mass is 19.4. The predicted octanol–water partition coefficient (Wildman–Crippen LogP) is 7.40. The van der Waals surface area contributed by atoms with Gasteiger partial charge in [0.15, 0.2) is 5.78 Å². The van der Waals surface area contributed by atoms with Crippen LogP contribution >= 0.6 is 0 Å². The first-order valence-corrected chi connectivity index (χ1v) is 15.3. The number of hydrogen-bond acceptors (Lipinski definition) is 6. The van der Waals surface area contributed by atoms with Gasteiger partial charge in [0.1, 0.15) is 17.3 Å². The molecule has 0 fully saturated rings. The number of alkyl halides is 3. The molecule has 49 heavy (non-hydrogen) atoms. The van der Waals surface area contributed by atoms with Crippen LogP contribution in [0.15, 0.2) is 78.9 Å². The Bertz CT molecular complexity index is 1830. The van der Waals surface area contributed by atoms with Gasteiger partial charge in [-0.1, -0.05) is 48.5 Å². The molecule has 8 nitrogen and oxygen atoms in total. The minimum absolute atomic E-state index is 0.155. The number of nitrogens with zero attached hydrogens (tertiary/aromatic N) is 1. The second-order valence-electron chi connectivity index (χ2n) is 11.5. The predicted molar refractivity (Wildman–Crippen MR) is 176 cm³/mol. The third-order valence-electron chi connectivity index (χ3n) is 7.69. The lowest BCUT2D eigenvalue weighted by atomic mass is 9.94. The standard InChI is InChI=1S/C37H36F4N2O6/c1-22(2)43-30(16-15-27(44)19-28(45)20-32(46)49-4)33(25-11-13-26(38)14-12-25)34(24-8-6-5-7-9-24)35(43)36(47)42-21-23-10-17-31(48-3)29(18-23)37(39,40)41/h5-18,22,28,45H,19-21H2,1-4H3,(H,42,47)/t28-/m1/s1. The second kappa shape index (κ2) is 15.8. The number of amides is 1. The fraction of sp³-hybridized carbons (Fsp3) is 0.270. The van der Waals surface area contributed by atoms with Gasteiger partial charge in [-0.3, -0.25) is 14.4 Å². The maximum atomic E-state index is 14.2. The molecule has 0 aliphatic rings. The van der Waals surface area contributed by atoms with Gasteiger partial charge >= 0.3 is 12.1 Å². The first-order valence-electron chi connectivity index (χ1n) is 15.3. The van der Waals surface area contributed by atoms with E-state index in [1.807, 2.05) is 13.8 Å².